The maximum atomic E-state index is 11.2. The topological polar surface area (TPSA) is 75.6 Å². The molecule has 0 aliphatic rings. The summed E-state index contributed by atoms with van der Waals surface area (Å²) in [5.41, 5.74) is 1.59. The van der Waals surface area contributed by atoms with E-state index >= 15 is 0 Å². The number of aromatic hydroxyl groups is 1. The zero-order valence-corrected chi connectivity index (χ0v) is 34.8. The first-order chi connectivity index (χ1) is 21.0. The summed E-state index contributed by atoms with van der Waals surface area (Å²) in [5, 5.41) is 11.5. The predicted molar refractivity (Wildman–Crippen MR) is 198 cm³/mol. The summed E-state index contributed by atoms with van der Waals surface area (Å²) in [6.45, 7) is 36.3. The molecule has 5 atom stereocenters. The Morgan fingerprint density at radius 1 is 0.848 bits per heavy atom. The molecule has 0 aliphatic heterocycles. The van der Waals surface area contributed by atoms with Gasteiger partial charge in [-0.3, -0.25) is 0 Å². The van der Waals surface area contributed by atoms with E-state index in [0.717, 1.165) is 30.6 Å². The van der Waals surface area contributed by atoms with E-state index in [9.17, 15) is 5.11 Å². The fourth-order valence-corrected chi connectivity index (χ4v) is 7.94. The molecule has 1 rings (SSSR count). The van der Waals surface area contributed by atoms with Gasteiger partial charge in [0.1, 0.15) is 5.75 Å². The molecule has 0 heterocycles. The molecule has 0 bridgehead atoms. The molecule has 46 heavy (non-hydrogen) atoms. The number of ether oxygens (including phenoxy) is 4. The van der Waals surface area contributed by atoms with E-state index in [1.54, 1.807) is 14.2 Å². The Morgan fingerprint density at radius 2 is 1.43 bits per heavy atom. The van der Waals surface area contributed by atoms with Gasteiger partial charge in [0.2, 0.25) is 0 Å². The van der Waals surface area contributed by atoms with Crippen LogP contribution in [0.3, 0.4) is 0 Å². The van der Waals surface area contributed by atoms with Crippen molar-refractivity contribution in [2.75, 3.05) is 40.6 Å². The summed E-state index contributed by atoms with van der Waals surface area (Å²) in [6, 6.07) is 1.94. The van der Waals surface area contributed by atoms with Crippen LogP contribution in [0, 0.1) is 24.7 Å². The Hall–Kier alpha value is -1.11. The lowest BCUT2D eigenvalue weighted by atomic mass is 9.83. The van der Waals surface area contributed by atoms with E-state index in [1.165, 1.54) is 0 Å². The SMILES string of the molecule is CCOCCO[C@H](CC[C@H](C)CO[Si](C)(C)C(C)(C)C)[C@H](C)[C@H](O[Si](C)(C)C(C)(C)C)[C@@H](C)Cc1cc(OC)c(C)c(OC)c1O. The fourth-order valence-electron chi connectivity index (χ4n) is 5.32. The molecular formula is C37H72O7Si2. The van der Waals surface area contributed by atoms with Crippen molar-refractivity contribution in [1.82, 2.24) is 0 Å². The number of hydrogen-bond acceptors (Lipinski definition) is 7. The normalized spacial score (nSPS) is 16.5. The molecule has 0 fully saturated rings. The second-order valence-corrected chi connectivity index (χ2v) is 26.1. The first-order valence-corrected chi connectivity index (χ1v) is 23.3. The number of rotatable bonds is 20. The average Bonchev–Trinajstić information content (AvgIpc) is 2.94. The number of hydrogen-bond donors (Lipinski definition) is 1. The first kappa shape index (κ1) is 42.9. The van der Waals surface area contributed by atoms with Gasteiger partial charge in [0.25, 0.3) is 0 Å². The minimum Gasteiger partial charge on any atom is -0.504 e. The van der Waals surface area contributed by atoms with Gasteiger partial charge in [0.05, 0.1) is 39.6 Å². The third-order valence-corrected chi connectivity index (χ3v) is 19.6. The zero-order valence-electron chi connectivity index (χ0n) is 32.8. The maximum absolute atomic E-state index is 11.2. The molecule has 1 aromatic rings. The lowest BCUT2D eigenvalue weighted by Crippen LogP contribution is -2.50. The van der Waals surface area contributed by atoms with Crippen molar-refractivity contribution in [3.8, 4) is 17.2 Å². The van der Waals surface area contributed by atoms with Gasteiger partial charge in [-0.1, -0.05) is 62.3 Å². The van der Waals surface area contributed by atoms with E-state index < -0.39 is 16.6 Å². The van der Waals surface area contributed by atoms with Crippen LogP contribution in [0.4, 0.5) is 0 Å². The summed E-state index contributed by atoms with van der Waals surface area (Å²) in [5.74, 6) is 1.95. The second-order valence-electron chi connectivity index (χ2n) is 16.5. The van der Waals surface area contributed by atoms with Gasteiger partial charge in [-0.2, -0.15) is 0 Å². The summed E-state index contributed by atoms with van der Waals surface area (Å²) in [7, 11) is -0.738. The van der Waals surface area contributed by atoms with Crippen molar-refractivity contribution in [3.63, 3.8) is 0 Å². The molecule has 270 valence electrons. The van der Waals surface area contributed by atoms with Crippen molar-refractivity contribution in [2.24, 2.45) is 17.8 Å². The van der Waals surface area contributed by atoms with Crippen LogP contribution in [0.25, 0.3) is 0 Å². The molecule has 0 aromatic heterocycles. The van der Waals surface area contributed by atoms with Crippen molar-refractivity contribution in [3.05, 3.63) is 17.2 Å². The third kappa shape index (κ3) is 12.1. The molecule has 0 amide bonds. The van der Waals surface area contributed by atoms with Gasteiger partial charge in [-0.15, -0.1) is 0 Å². The van der Waals surface area contributed by atoms with Crippen molar-refractivity contribution < 1.29 is 32.9 Å². The Morgan fingerprint density at radius 3 is 1.93 bits per heavy atom. The highest BCUT2D eigenvalue weighted by Crippen LogP contribution is 2.44. The molecule has 0 aliphatic carbocycles. The minimum absolute atomic E-state index is 0.0105. The van der Waals surface area contributed by atoms with Crippen LogP contribution in [0.15, 0.2) is 6.07 Å². The van der Waals surface area contributed by atoms with Gasteiger partial charge in [0.15, 0.2) is 28.1 Å². The fraction of sp³-hybridized carbons (Fsp3) is 0.838. The summed E-state index contributed by atoms with van der Waals surface area (Å²) >= 11 is 0. The largest absolute Gasteiger partial charge is 0.504 e. The maximum Gasteiger partial charge on any atom is 0.192 e. The monoisotopic (exact) mass is 684 g/mol. The Kier molecular flexibility index (Phi) is 16.8. The molecule has 0 spiro atoms. The van der Waals surface area contributed by atoms with E-state index in [4.69, 9.17) is 27.8 Å². The molecule has 0 radical (unpaired) electrons. The van der Waals surface area contributed by atoms with Crippen LogP contribution in [-0.2, 0) is 24.7 Å². The summed E-state index contributed by atoms with van der Waals surface area (Å²) in [6.07, 6.45) is 2.44. The minimum atomic E-state index is -2.16. The van der Waals surface area contributed by atoms with Gasteiger partial charge in [-0.05, 0) is 87.3 Å². The lowest BCUT2D eigenvalue weighted by Gasteiger charge is -2.44. The van der Waals surface area contributed by atoms with Gasteiger partial charge in [0, 0.05) is 30.3 Å². The standard InChI is InChI=1S/C37H72O7Si2/c1-18-41-21-22-42-31(20-19-26(2)25-43-45(14,15)36(6,7)8)28(4)34(44-46(16,17)37(9,10)11)27(3)23-30-24-32(39-12)29(5)35(40-13)33(30)38/h24,26-28,31,34,38H,18-23,25H2,1-17H3/t26-,27-,28-,31+,34+/m0/s1. The van der Waals surface area contributed by atoms with E-state index in [-0.39, 0.29) is 39.9 Å². The number of methoxy groups -OCH3 is 2. The van der Waals surface area contributed by atoms with Gasteiger partial charge < -0.3 is 32.9 Å². The molecule has 0 saturated carbocycles. The highest BCUT2D eigenvalue weighted by molar-refractivity contribution is 6.74. The van der Waals surface area contributed by atoms with Crippen LogP contribution in [-0.4, -0.2) is 74.6 Å². The van der Waals surface area contributed by atoms with E-state index in [1.807, 2.05) is 19.9 Å². The molecule has 0 saturated heterocycles. The number of phenolic OH excluding ortho intramolecular Hbond substituents is 1. The molecule has 1 N–H and O–H groups in total. The first-order valence-electron chi connectivity index (χ1n) is 17.5. The summed E-state index contributed by atoms with van der Waals surface area (Å²) < 4.78 is 37.4. The number of benzene rings is 1. The quantitative estimate of drug-likeness (QED) is 0.108. The smallest absolute Gasteiger partial charge is 0.192 e. The highest BCUT2D eigenvalue weighted by atomic mass is 28.4. The lowest BCUT2D eigenvalue weighted by molar-refractivity contribution is -0.0619. The summed E-state index contributed by atoms with van der Waals surface area (Å²) in [4.78, 5) is 0. The Bertz CT molecular complexity index is 1050. The Labute approximate surface area is 285 Å². The van der Waals surface area contributed by atoms with Crippen molar-refractivity contribution in [2.45, 2.75) is 144 Å². The molecule has 1 aromatic carbocycles. The molecule has 7 nitrogen and oxygen atoms in total. The number of phenols is 1. The van der Waals surface area contributed by atoms with Crippen LogP contribution in [0.5, 0.6) is 17.2 Å². The van der Waals surface area contributed by atoms with Crippen molar-refractivity contribution >= 4 is 16.6 Å². The van der Waals surface area contributed by atoms with Crippen LogP contribution in [0.1, 0.15) is 93.2 Å². The average molecular weight is 685 g/mol. The van der Waals surface area contributed by atoms with Gasteiger partial charge in [-0.25, -0.2) is 0 Å². The zero-order chi connectivity index (χ0) is 35.7. The van der Waals surface area contributed by atoms with Crippen LogP contribution < -0.4 is 9.47 Å². The predicted octanol–water partition coefficient (Wildman–Crippen LogP) is 9.78. The van der Waals surface area contributed by atoms with Crippen LogP contribution >= 0.6 is 0 Å². The van der Waals surface area contributed by atoms with Crippen LogP contribution in [0.2, 0.25) is 36.3 Å². The third-order valence-electron chi connectivity index (χ3n) is 10.6. The van der Waals surface area contributed by atoms with Crippen molar-refractivity contribution in [1.29, 1.82) is 0 Å². The van der Waals surface area contributed by atoms with E-state index in [2.05, 4.69) is 88.5 Å². The van der Waals surface area contributed by atoms with Gasteiger partial charge >= 0.3 is 0 Å². The second kappa shape index (κ2) is 18.0. The molecule has 0 unspecified atom stereocenters. The highest BCUT2D eigenvalue weighted by Gasteiger charge is 2.43. The molecular weight excluding hydrogens is 613 g/mol. The molecule has 9 heteroatoms. The Balaban J connectivity index is 3.41. The van der Waals surface area contributed by atoms with E-state index in [0.29, 0.717) is 43.7 Å².